The molecular weight excluding hydrogens is 410 g/mol. The SMILES string of the molecule is CC(NC(=S)/C=C/c1ccc(O)c(O)c1Br)c1cc(O)c(O)c(O)c1. The number of hydrogen-bond acceptors (Lipinski definition) is 6. The molecule has 0 aliphatic heterocycles. The van der Waals surface area contributed by atoms with Gasteiger partial charge in [-0.3, -0.25) is 0 Å². The van der Waals surface area contributed by atoms with Crippen molar-refractivity contribution in [3.05, 3.63) is 45.9 Å². The third kappa shape index (κ3) is 4.34. The highest BCUT2D eigenvalue weighted by atomic mass is 79.9. The Morgan fingerprint density at radius 1 is 1.04 bits per heavy atom. The van der Waals surface area contributed by atoms with Crippen molar-refractivity contribution >= 4 is 39.2 Å². The summed E-state index contributed by atoms with van der Waals surface area (Å²) in [6.07, 6.45) is 3.25. The molecule has 0 spiro atoms. The average molecular weight is 426 g/mol. The lowest BCUT2D eigenvalue weighted by atomic mass is 10.1. The van der Waals surface area contributed by atoms with Gasteiger partial charge in [0, 0.05) is 6.04 Å². The van der Waals surface area contributed by atoms with Crippen LogP contribution in [-0.4, -0.2) is 30.5 Å². The van der Waals surface area contributed by atoms with Crippen molar-refractivity contribution in [2.45, 2.75) is 13.0 Å². The molecule has 25 heavy (non-hydrogen) atoms. The molecule has 0 saturated heterocycles. The molecule has 132 valence electrons. The smallest absolute Gasteiger partial charge is 0.200 e. The van der Waals surface area contributed by atoms with Crippen molar-refractivity contribution in [3.63, 3.8) is 0 Å². The van der Waals surface area contributed by atoms with E-state index < -0.39 is 17.2 Å². The van der Waals surface area contributed by atoms with Crippen LogP contribution in [0, 0.1) is 0 Å². The first-order chi connectivity index (χ1) is 11.7. The molecular formula is C17H16BrNO5S. The van der Waals surface area contributed by atoms with Crippen LogP contribution in [0.15, 0.2) is 34.8 Å². The highest BCUT2D eigenvalue weighted by Gasteiger charge is 2.13. The molecule has 2 rings (SSSR count). The Labute approximate surface area is 157 Å². The Balaban J connectivity index is 2.11. The van der Waals surface area contributed by atoms with Gasteiger partial charge in [0.25, 0.3) is 0 Å². The fraction of sp³-hybridized carbons (Fsp3) is 0.118. The van der Waals surface area contributed by atoms with Gasteiger partial charge in [0.2, 0.25) is 0 Å². The second-order valence-corrected chi connectivity index (χ2v) is 6.54. The monoisotopic (exact) mass is 425 g/mol. The van der Waals surface area contributed by atoms with Gasteiger partial charge in [0.1, 0.15) is 0 Å². The fourth-order valence-electron chi connectivity index (χ4n) is 2.08. The van der Waals surface area contributed by atoms with Crippen LogP contribution in [0.1, 0.15) is 24.1 Å². The topological polar surface area (TPSA) is 113 Å². The van der Waals surface area contributed by atoms with Crippen molar-refractivity contribution in [1.82, 2.24) is 5.32 Å². The number of nitrogens with one attached hydrogen (secondary N) is 1. The van der Waals surface area contributed by atoms with Crippen molar-refractivity contribution in [1.29, 1.82) is 0 Å². The molecule has 0 fully saturated rings. The number of thiocarbonyl (C=S) groups is 1. The highest BCUT2D eigenvalue weighted by Crippen LogP contribution is 2.37. The molecule has 0 radical (unpaired) electrons. The summed E-state index contributed by atoms with van der Waals surface area (Å²) < 4.78 is 0.341. The number of phenolic OH excluding ortho intramolecular Hbond substituents is 5. The van der Waals surface area contributed by atoms with Gasteiger partial charge in [-0.05, 0) is 64.3 Å². The van der Waals surface area contributed by atoms with E-state index in [1.165, 1.54) is 18.2 Å². The van der Waals surface area contributed by atoms with E-state index in [1.54, 1.807) is 25.1 Å². The number of halogens is 1. The van der Waals surface area contributed by atoms with Gasteiger partial charge in [-0.25, -0.2) is 0 Å². The summed E-state index contributed by atoms with van der Waals surface area (Å²) >= 11 is 8.41. The molecule has 1 atom stereocenters. The summed E-state index contributed by atoms with van der Waals surface area (Å²) in [5, 5.41) is 50.6. The maximum atomic E-state index is 9.67. The highest BCUT2D eigenvalue weighted by molar-refractivity contribution is 9.10. The predicted molar refractivity (Wildman–Crippen MR) is 102 cm³/mol. The normalized spacial score (nSPS) is 12.2. The molecule has 0 bridgehead atoms. The molecule has 2 aromatic rings. The quantitative estimate of drug-likeness (QED) is 0.251. The zero-order valence-electron chi connectivity index (χ0n) is 13.1. The van der Waals surface area contributed by atoms with E-state index in [4.69, 9.17) is 12.2 Å². The number of benzene rings is 2. The molecule has 0 saturated carbocycles. The van der Waals surface area contributed by atoms with Gasteiger partial charge < -0.3 is 30.8 Å². The Kier molecular flexibility index (Phi) is 5.76. The molecule has 0 aliphatic rings. The standard InChI is InChI=1S/C17H16BrNO5S/c1-8(10-6-12(21)16(23)13(22)7-10)19-14(25)5-3-9-2-4-11(20)17(24)15(9)18/h2-8,20-24H,1H3,(H,19,25)/b5-3+. The Morgan fingerprint density at radius 3 is 2.24 bits per heavy atom. The summed E-state index contributed by atoms with van der Waals surface area (Å²) in [7, 11) is 0. The zero-order valence-corrected chi connectivity index (χ0v) is 15.5. The van der Waals surface area contributed by atoms with E-state index in [0.717, 1.165) is 0 Å². The number of aromatic hydroxyl groups is 5. The Hall–Kier alpha value is -2.45. The van der Waals surface area contributed by atoms with Crippen LogP contribution in [-0.2, 0) is 0 Å². The third-order valence-corrected chi connectivity index (χ3v) is 4.58. The van der Waals surface area contributed by atoms with Crippen molar-refractivity contribution in [2.75, 3.05) is 0 Å². The van der Waals surface area contributed by atoms with Crippen LogP contribution in [0.3, 0.4) is 0 Å². The van der Waals surface area contributed by atoms with Crippen LogP contribution < -0.4 is 5.32 Å². The molecule has 6 N–H and O–H groups in total. The van der Waals surface area contributed by atoms with Gasteiger partial charge in [0.15, 0.2) is 28.7 Å². The van der Waals surface area contributed by atoms with Crippen LogP contribution in [0.5, 0.6) is 28.7 Å². The summed E-state index contributed by atoms with van der Waals surface area (Å²) in [5.41, 5.74) is 1.15. The Bertz CT molecular complexity index is 830. The predicted octanol–water partition coefficient (Wildman–Crippen LogP) is 3.67. The summed E-state index contributed by atoms with van der Waals surface area (Å²) in [5.74, 6) is -1.91. The van der Waals surface area contributed by atoms with Gasteiger partial charge in [-0.15, -0.1) is 0 Å². The third-order valence-electron chi connectivity index (χ3n) is 3.49. The molecule has 2 aromatic carbocycles. The lowest BCUT2D eigenvalue weighted by Gasteiger charge is -2.16. The zero-order chi connectivity index (χ0) is 18.7. The van der Waals surface area contributed by atoms with Crippen LogP contribution in [0.2, 0.25) is 0 Å². The second-order valence-electron chi connectivity index (χ2n) is 5.31. The molecule has 0 amide bonds. The fourth-order valence-corrected chi connectivity index (χ4v) is 2.80. The minimum Gasteiger partial charge on any atom is -0.504 e. The van der Waals surface area contributed by atoms with E-state index in [2.05, 4.69) is 21.2 Å². The first-order valence-electron chi connectivity index (χ1n) is 7.14. The largest absolute Gasteiger partial charge is 0.504 e. The first-order valence-corrected chi connectivity index (χ1v) is 8.34. The molecule has 0 heterocycles. The van der Waals surface area contributed by atoms with Crippen LogP contribution in [0.25, 0.3) is 6.08 Å². The average Bonchev–Trinajstić information content (AvgIpc) is 2.56. The van der Waals surface area contributed by atoms with Crippen LogP contribution >= 0.6 is 28.1 Å². The van der Waals surface area contributed by atoms with E-state index >= 15 is 0 Å². The molecule has 1 unspecified atom stereocenters. The molecule has 6 nitrogen and oxygen atoms in total. The lowest BCUT2D eigenvalue weighted by Crippen LogP contribution is -2.23. The van der Waals surface area contributed by atoms with E-state index in [1.807, 2.05) is 0 Å². The van der Waals surface area contributed by atoms with Crippen molar-refractivity contribution in [3.8, 4) is 28.7 Å². The number of hydrogen-bond donors (Lipinski definition) is 6. The second kappa shape index (κ2) is 7.62. The number of rotatable bonds is 4. The van der Waals surface area contributed by atoms with Crippen molar-refractivity contribution < 1.29 is 25.5 Å². The minimum absolute atomic E-state index is 0.231. The van der Waals surface area contributed by atoms with E-state index in [0.29, 0.717) is 20.6 Å². The Morgan fingerprint density at radius 2 is 1.64 bits per heavy atom. The first kappa shape index (κ1) is 18.9. The maximum Gasteiger partial charge on any atom is 0.200 e. The van der Waals surface area contributed by atoms with Gasteiger partial charge in [-0.2, -0.15) is 0 Å². The molecule has 0 aliphatic carbocycles. The van der Waals surface area contributed by atoms with E-state index in [9.17, 15) is 25.5 Å². The van der Waals surface area contributed by atoms with Crippen LogP contribution in [0.4, 0.5) is 0 Å². The van der Waals surface area contributed by atoms with Gasteiger partial charge in [-0.1, -0.05) is 18.3 Å². The van der Waals surface area contributed by atoms with Gasteiger partial charge >= 0.3 is 0 Å². The lowest BCUT2D eigenvalue weighted by molar-refractivity contribution is 0.366. The maximum absolute atomic E-state index is 9.67. The minimum atomic E-state index is -0.574. The molecule has 0 aromatic heterocycles. The van der Waals surface area contributed by atoms with E-state index in [-0.39, 0.29) is 17.5 Å². The van der Waals surface area contributed by atoms with Gasteiger partial charge in [0.05, 0.1) is 9.46 Å². The van der Waals surface area contributed by atoms with Crippen molar-refractivity contribution in [2.24, 2.45) is 0 Å². The number of phenols is 5. The summed E-state index contributed by atoms with van der Waals surface area (Å²) in [6, 6.07) is 5.28. The summed E-state index contributed by atoms with van der Waals surface area (Å²) in [6.45, 7) is 1.77. The summed E-state index contributed by atoms with van der Waals surface area (Å²) in [4.78, 5) is 0.374. The molecule has 8 heteroatoms.